The molecule has 0 spiro atoms. The summed E-state index contributed by atoms with van der Waals surface area (Å²) < 4.78 is 88.6. The van der Waals surface area contributed by atoms with E-state index in [4.69, 9.17) is 14.2 Å². The molecular formula is C40H52F3N5O9S. The second-order valence-electron chi connectivity index (χ2n) is 16.7. The molecule has 58 heavy (non-hydrogen) atoms. The van der Waals surface area contributed by atoms with Crippen molar-refractivity contribution in [1.29, 1.82) is 0 Å². The third-order valence-electron chi connectivity index (χ3n) is 11.7. The zero-order valence-corrected chi connectivity index (χ0v) is 34.3. The molecule has 1 saturated heterocycles. The van der Waals surface area contributed by atoms with Gasteiger partial charge in [0.15, 0.2) is 17.2 Å². The minimum atomic E-state index is -3.98. The highest BCUT2D eigenvalue weighted by Gasteiger charge is 2.62. The van der Waals surface area contributed by atoms with E-state index in [9.17, 15) is 36.4 Å². The van der Waals surface area contributed by atoms with Gasteiger partial charge in [0.05, 0.1) is 18.4 Å². The summed E-state index contributed by atoms with van der Waals surface area (Å²) in [6, 6.07) is 1.67. The molecule has 2 aromatic rings. The molecule has 1 unspecified atom stereocenters. The number of hydrogen-bond acceptors (Lipinski definition) is 10. The van der Waals surface area contributed by atoms with Crippen molar-refractivity contribution in [2.24, 2.45) is 17.8 Å². The number of aromatic nitrogens is 1. The molecule has 2 aliphatic heterocycles. The lowest BCUT2D eigenvalue weighted by Gasteiger charge is -2.35. The Bertz CT molecular complexity index is 2080. The molecule has 1 aromatic heterocycles. The number of rotatable bonds is 10. The van der Waals surface area contributed by atoms with Gasteiger partial charge in [-0.2, -0.15) is 0 Å². The lowest BCUT2D eigenvalue weighted by Crippen LogP contribution is -2.59. The smallest absolute Gasteiger partial charge is 0.408 e. The van der Waals surface area contributed by atoms with Crippen LogP contribution in [0.4, 0.5) is 18.0 Å². The van der Waals surface area contributed by atoms with Crippen molar-refractivity contribution >= 4 is 44.6 Å². The van der Waals surface area contributed by atoms with Crippen LogP contribution in [0.25, 0.3) is 10.8 Å². The number of nitrogens with zero attached hydrogens (tertiary/aromatic N) is 2. The van der Waals surface area contributed by atoms with Crippen molar-refractivity contribution in [3.63, 3.8) is 0 Å². The molecule has 0 radical (unpaired) electrons. The maximum Gasteiger partial charge on any atom is 0.408 e. The molecule has 2 saturated carbocycles. The lowest BCUT2D eigenvalue weighted by molar-refractivity contribution is -0.152. The summed E-state index contributed by atoms with van der Waals surface area (Å²) in [7, 11) is -3.98. The number of ether oxygens (including phenoxy) is 3. The normalized spacial score (nSPS) is 28.9. The highest BCUT2D eigenvalue weighted by Crippen LogP contribution is 2.46. The molecule has 0 bridgehead atoms. The Labute approximate surface area is 336 Å². The predicted molar refractivity (Wildman–Crippen MR) is 206 cm³/mol. The number of nitrogens with one attached hydrogen (secondary N) is 3. The highest BCUT2D eigenvalue weighted by atomic mass is 32.2. The molecule has 7 atom stereocenters. The average Bonchev–Trinajstić information content (AvgIpc) is 4.05. The average molecular weight is 836 g/mol. The Hall–Kier alpha value is -4.61. The van der Waals surface area contributed by atoms with E-state index in [-0.39, 0.29) is 43.5 Å². The first-order chi connectivity index (χ1) is 27.2. The Morgan fingerprint density at radius 3 is 2.50 bits per heavy atom. The van der Waals surface area contributed by atoms with Gasteiger partial charge < -0.3 is 29.7 Å². The number of allylic oxidation sites excluding steroid dienone is 1. The van der Waals surface area contributed by atoms with Crippen LogP contribution in [0.3, 0.4) is 0 Å². The Morgan fingerprint density at radius 2 is 1.83 bits per heavy atom. The van der Waals surface area contributed by atoms with E-state index in [2.05, 4.69) is 20.3 Å². The van der Waals surface area contributed by atoms with Crippen molar-refractivity contribution in [2.45, 2.75) is 127 Å². The number of halogens is 3. The van der Waals surface area contributed by atoms with Crippen molar-refractivity contribution in [3.05, 3.63) is 42.4 Å². The number of hydrogen-bond donors (Lipinski definition) is 3. The highest BCUT2D eigenvalue weighted by molar-refractivity contribution is 7.91. The van der Waals surface area contributed by atoms with Crippen LogP contribution in [0.1, 0.15) is 86.5 Å². The fourth-order valence-corrected chi connectivity index (χ4v) is 9.00. The Balaban J connectivity index is 1.35. The molecule has 1 aromatic carbocycles. The van der Waals surface area contributed by atoms with Gasteiger partial charge in [0.2, 0.25) is 27.7 Å². The van der Waals surface area contributed by atoms with Gasteiger partial charge in [0.25, 0.3) is 11.8 Å². The zero-order chi connectivity index (χ0) is 42.4. The summed E-state index contributed by atoms with van der Waals surface area (Å²) in [5.74, 6) is -7.58. The second-order valence-corrected chi connectivity index (χ2v) is 18.7. The summed E-state index contributed by atoms with van der Waals surface area (Å²) in [5.41, 5.74) is -3.87. The number of carbonyl (C=O) groups excluding carboxylic acids is 4. The van der Waals surface area contributed by atoms with E-state index in [0.29, 0.717) is 49.8 Å². The maximum absolute atomic E-state index is 15.1. The maximum atomic E-state index is 15.1. The first kappa shape index (κ1) is 43.0. The summed E-state index contributed by atoms with van der Waals surface area (Å²) in [5, 5.41) is 5.44. The number of pyridine rings is 1. The predicted octanol–water partition coefficient (Wildman–Crippen LogP) is 5.15. The standard InChI is InChI=1S/C40H52F3N5O9S/c1-7-55-31-17-24-14-15-44-34(28(24)19-29(31)41)56-26-18-30-33(49)46-40(36(51)47-58(53,54)27-12-13-27)20-25(40)11-9-8-10-22(2)16-23(3)32(35(50)48(30)21-26)45-37(52)57-38(4,5)39(6,42)43/h9,11,14-15,17,19,22-23,25-27,30,32H,7-8,10,12-13,16,18,20-21H2,1-6H3,(H,45,52)(H,46,49)(H,47,51)/b11-9-/t22-,23+,25?,26+,30-,32-,40+/m0/s1. The van der Waals surface area contributed by atoms with Gasteiger partial charge in [-0.05, 0) is 94.7 Å². The van der Waals surface area contributed by atoms with Crippen molar-refractivity contribution in [2.75, 3.05) is 13.2 Å². The topological polar surface area (TPSA) is 182 Å². The van der Waals surface area contributed by atoms with Crippen molar-refractivity contribution < 1.29 is 55.0 Å². The van der Waals surface area contributed by atoms with E-state index in [0.717, 1.165) is 13.8 Å². The van der Waals surface area contributed by atoms with E-state index >= 15 is 4.39 Å². The molecule has 2 aliphatic carbocycles. The Kier molecular flexibility index (Phi) is 12.0. The molecule has 4 aliphatic rings. The van der Waals surface area contributed by atoms with Crippen LogP contribution in [0.15, 0.2) is 36.5 Å². The minimum absolute atomic E-state index is 0.00320. The van der Waals surface area contributed by atoms with Crippen LogP contribution < -0.4 is 24.8 Å². The molecule has 6 rings (SSSR count). The largest absolute Gasteiger partial charge is 0.491 e. The van der Waals surface area contributed by atoms with Crippen LogP contribution in [-0.4, -0.2) is 95.8 Å². The number of fused-ring (bicyclic) bond motifs is 3. The summed E-state index contributed by atoms with van der Waals surface area (Å²) in [4.78, 5) is 61.8. The van der Waals surface area contributed by atoms with E-state index < -0.39 is 92.0 Å². The first-order valence-corrected chi connectivity index (χ1v) is 21.3. The van der Waals surface area contributed by atoms with Gasteiger partial charge in [-0.1, -0.05) is 26.0 Å². The molecule has 14 nitrogen and oxygen atoms in total. The van der Waals surface area contributed by atoms with E-state index in [1.54, 1.807) is 26.0 Å². The summed E-state index contributed by atoms with van der Waals surface area (Å²) in [6.07, 6.45) is 5.32. The van der Waals surface area contributed by atoms with Crippen molar-refractivity contribution in [3.8, 4) is 11.6 Å². The molecule has 18 heteroatoms. The van der Waals surface area contributed by atoms with Gasteiger partial charge in [0, 0.05) is 30.8 Å². The lowest BCUT2D eigenvalue weighted by atomic mass is 9.88. The van der Waals surface area contributed by atoms with Crippen molar-refractivity contribution in [1.82, 2.24) is 25.2 Å². The number of sulfonamides is 1. The monoisotopic (exact) mass is 835 g/mol. The van der Waals surface area contributed by atoms with Crippen LogP contribution in [0.2, 0.25) is 0 Å². The third kappa shape index (κ3) is 9.15. The van der Waals surface area contributed by atoms with Gasteiger partial charge in [-0.3, -0.25) is 19.1 Å². The quantitative estimate of drug-likeness (QED) is 0.271. The van der Waals surface area contributed by atoms with Gasteiger partial charge in [-0.15, -0.1) is 0 Å². The van der Waals surface area contributed by atoms with Crippen LogP contribution >= 0.6 is 0 Å². The van der Waals surface area contributed by atoms with Gasteiger partial charge in [-0.25, -0.2) is 31.4 Å². The summed E-state index contributed by atoms with van der Waals surface area (Å²) >= 11 is 0. The van der Waals surface area contributed by atoms with E-state index in [1.807, 2.05) is 13.0 Å². The molecule has 3 heterocycles. The third-order valence-corrected chi connectivity index (χ3v) is 13.5. The summed E-state index contributed by atoms with van der Waals surface area (Å²) in [6.45, 7) is 8.11. The first-order valence-electron chi connectivity index (χ1n) is 19.8. The number of alkyl carbamates (subject to hydrolysis) is 1. The minimum Gasteiger partial charge on any atom is -0.491 e. The zero-order valence-electron chi connectivity index (χ0n) is 33.5. The Morgan fingerprint density at radius 1 is 1.10 bits per heavy atom. The van der Waals surface area contributed by atoms with Crippen LogP contribution in [-0.2, 0) is 29.1 Å². The van der Waals surface area contributed by atoms with Gasteiger partial charge >= 0.3 is 6.09 Å². The van der Waals surface area contributed by atoms with Crippen LogP contribution in [0, 0.1) is 23.6 Å². The molecule has 3 fully saturated rings. The fraction of sp³-hybridized carbons (Fsp3) is 0.625. The number of carbonyl (C=O) groups is 4. The number of amides is 4. The number of alkyl halides is 2. The SMILES string of the molecule is CCOc1cc2ccnc(O[C@@H]3C[C@H]4C(=O)N[C@]5(C(=O)NS(=O)(=O)C6CC6)CC5/C=C\CC[C@H](C)C[C@@H](C)[C@H](NC(=O)OC(C)(C)C(C)(F)F)C(=O)N4C3)c2cc1F. The molecular weight excluding hydrogens is 784 g/mol. The van der Waals surface area contributed by atoms with E-state index in [1.165, 1.54) is 23.2 Å². The van der Waals surface area contributed by atoms with Gasteiger partial charge in [0.1, 0.15) is 23.7 Å². The number of benzene rings is 1. The second kappa shape index (κ2) is 16.2. The van der Waals surface area contributed by atoms with Crippen LogP contribution in [0.5, 0.6) is 11.6 Å². The molecule has 3 N–H and O–H groups in total. The fourth-order valence-electron chi connectivity index (χ4n) is 7.64. The molecule has 4 amide bonds. The molecule has 318 valence electrons.